The molecule has 3 amide bonds. The number of ether oxygens (including phenoxy) is 1. The summed E-state index contributed by atoms with van der Waals surface area (Å²) in [4.78, 5) is 28.9. The maximum Gasteiger partial charge on any atom is 0.323 e. The molecule has 2 fully saturated rings. The van der Waals surface area contributed by atoms with Crippen molar-refractivity contribution in [3.8, 4) is 0 Å². The summed E-state index contributed by atoms with van der Waals surface area (Å²) in [7, 11) is 0. The van der Waals surface area contributed by atoms with Crippen molar-refractivity contribution in [1.82, 2.24) is 5.32 Å². The molecule has 2 aliphatic heterocycles. The van der Waals surface area contributed by atoms with Gasteiger partial charge in [0.05, 0.1) is 11.7 Å². The lowest BCUT2D eigenvalue weighted by Crippen LogP contribution is -2.36. The highest BCUT2D eigenvalue weighted by molar-refractivity contribution is 6.04. The summed E-state index contributed by atoms with van der Waals surface area (Å²) in [5.74, 6) is 1.10. The molecular weight excluding hydrogens is 476 g/mol. The first-order chi connectivity index (χ1) is 18.2. The van der Waals surface area contributed by atoms with Gasteiger partial charge in [-0.3, -0.25) is 4.79 Å². The van der Waals surface area contributed by atoms with Crippen molar-refractivity contribution in [3.05, 3.63) is 53.1 Å². The summed E-state index contributed by atoms with van der Waals surface area (Å²) in [6.07, 6.45) is 4.28. The summed E-state index contributed by atoms with van der Waals surface area (Å²) in [6.45, 7) is 13.9. The number of rotatable bonds is 8. The molecule has 2 aromatic carbocycles. The van der Waals surface area contributed by atoms with Crippen LogP contribution in [-0.2, 0) is 4.74 Å². The van der Waals surface area contributed by atoms with E-state index < -0.39 is 0 Å². The fourth-order valence-corrected chi connectivity index (χ4v) is 5.40. The average molecular weight is 521 g/mol. The summed E-state index contributed by atoms with van der Waals surface area (Å²) in [5, 5.41) is 9.16. The Kier molecular flexibility index (Phi) is 9.31. The minimum absolute atomic E-state index is 0.0708. The van der Waals surface area contributed by atoms with Gasteiger partial charge < -0.3 is 25.6 Å². The molecular formula is C31H44N4O3. The Morgan fingerprint density at radius 1 is 0.974 bits per heavy atom. The van der Waals surface area contributed by atoms with E-state index in [1.54, 1.807) is 6.07 Å². The molecule has 2 aromatic rings. The molecule has 7 heteroatoms. The van der Waals surface area contributed by atoms with Crippen LogP contribution < -0.4 is 20.9 Å². The summed E-state index contributed by atoms with van der Waals surface area (Å²) in [6, 6.07) is 11.5. The quantitative estimate of drug-likeness (QED) is 0.361. The number of piperidine rings is 1. The van der Waals surface area contributed by atoms with Gasteiger partial charge in [-0.1, -0.05) is 52.8 Å². The van der Waals surface area contributed by atoms with E-state index in [0.717, 1.165) is 67.9 Å². The normalized spacial score (nSPS) is 18.2. The molecule has 0 aromatic heterocycles. The van der Waals surface area contributed by atoms with Crippen LogP contribution in [0.1, 0.15) is 93.6 Å². The number of carbonyl (C=O) groups is 2. The molecule has 2 heterocycles. The van der Waals surface area contributed by atoms with Crippen molar-refractivity contribution < 1.29 is 14.3 Å². The third-order valence-electron chi connectivity index (χ3n) is 7.75. The van der Waals surface area contributed by atoms with Crippen molar-refractivity contribution in [2.75, 3.05) is 41.8 Å². The number of nitrogens with zero attached hydrogens (tertiary/aromatic N) is 1. The third-order valence-corrected chi connectivity index (χ3v) is 7.75. The molecule has 1 atom stereocenters. The van der Waals surface area contributed by atoms with Crippen LogP contribution in [0.3, 0.4) is 0 Å². The topological polar surface area (TPSA) is 82.7 Å². The SMILES string of the molecule is CC1CCN(c2ccc(NC(=O)Nc3c(C(C)C)cccc3C(C)C)cc2C(=O)NC[C@H]2CCCO2)CC1. The monoisotopic (exact) mass is 520 g/mol. The first kappa shape index (κ1) is 28.0. The van der Waals surface area contributed by atoms with Gasteiger partial charge >= 0.3 is 6.03 Å². The molecule has 206 valence electrons. The average Bonchev–Trinajstić information content (AvgIpc) is 3.41. The first-order valence-electron chi connectivity index (χ1n) is 14.2. The van der Waals surface area contributed by atoms with Crippen molar-refractivity contribution in [2.45, 2.75) is 78.2 Å². The number of benzene rings is 2. The van der Waals surface area contributed by atoms with E-state index >= 15 is 0 Å². The van der Waals surface area contributed by atoms with Gasteiger partial charge in [-0.05, 0) is 72.8 Å². The van der Waals surface area contributed by atoms with Gasteiger partial charge in [0, 0.05) is 43.3 Å². The molecule has 0 spiro atoms. The number of carbonyl (C=O) groups excluding carboxylic acids is 2. The second-order valence-corrected chi connectivity index (χ2v) is 11.4. The largest absolute Gasteiger partial charge is 0.376 e. The highest BCUT2D eigenvalue weighted by atomic mass is 16.5. The summed E-state index contributed by atoms with van der Waals surface area (Å²) >= 11 is 0. The number of para-hydroxylation sites is 1. The Hall–Kier alpha value is -3.06. The number of hydrogen-bond donors (Lipinski definition) is 3. The van der Waals surface area contributed by atoms with Gasteiger partial charge in [-0.2, -0.15) is 0 Å². The summed E-state index contributed by atoms with van der Waals surface area (Å²) in [5.41, 5.74) is 5.17. The fourth-order valence-electron chi connectivity index (χ4n) is 5.40. The second kappa shape index (κ2) is 12.7. The van der Waals surface area contributed by atoms with Crippen LogP contribution >= 0.6 is 0 Å². The fraction of sp³-hybridized carbons (Fsp3) is 0.548. The predicted octanol–water partition coefficient (Wildman–Crippen LogP) is 6.72. The van der Waals surface area contributed by atoms with Crippen molar-refractivity contribution >= 4 is 29.0 Å². The Labute approximate surface area is 227 Å². The van der Waals surface area contributed by atoms with Gasteiger partial charge in [0.1, 0.15) is 0 Å². The molecule has 0 unspecified atom stereocenters. The van der Waals surface area contributed by atoms with Crippen LogP contribution in [0.4, 0.5) is 21.9 Å². The highest BCUT2D eigenvalue weighted by Crippen LogP contribution is 2.33. The van der Waals surface area contributed by atoms with Crippen LogP contribution in [0, 0.1) is 5.92 Å². The molecule has 0 aliphatic carbocycles. The molecule has 0 radical (unpaired) electrons. The molecule has 7 nitrogen and oxygen atoms in total. The second-order valence-electron chi connectivity index (χ2n) is 11.4. The zero-order valence-electron chi connectivity index (χ0n) is 23.6. The Bertz CT molecular complexity index is 1090. The van der Waals surface area contributed by atoms with Gasteiger partial charge in [0.2, 0.25) is 0 Å². The maximum atomic E-state index is 13.4. The molecule has 2 aliphatic rings. The van der Waals surface area contributed by atoms with E-state index in [0.29, 0.717) is 23.7 Å². The first-order valence-corrected chi connectivity index (χ1v) is 14.2. The van der Waals surface area contributed by atoms with Gasteiger partial charge in [0.25, 0.3) is 5.91 Å². The van der Waals surface area contributed by atoms with Crippen LogP contribution in [0.2, 0.25) is 0 Å². The van der Waals surface area contributed by atoms with Crippen molar-refractivity contribution in [2.24, 2.45) is 5.92 Å². The molecule has 2 saturated heterocycles. The highest BCUT2D eigenvalue weighted by Gasteiger charge is 2.24. The van der Waals surface area contributed by atoms with E-state index in [1.807, 2.05) is 12.1 Å². The molecule has 3 N–H and O–H groups in total. The Morgan fingerprint density at radius 3 is 2.26 bits per heavy atom. The van der Waals surface area contributed by atoms with E-state index in [-0.39, 0.29) is 29.9 Å². The molecule has 0 saturated carbocycles. The maximum absolute atomic E-state index is 13.4. The van der Waals surface area contributed by atoms with Gasteiger partial charge in [-0.25, -0.2) is 4.79 Å². The molecule has 0 bridgehead atoms. The Morgan fingerprint density at radius 2 is 1.66 bits per heavy atom. The van der Waals surface area contributed by atoms with Crippen molar-refractivity contribution in [3.63, 3.8) is 0 Å². The number of anilines is 3. The zero-order chi connectivity index (χ0) is 27.2. The Balaban J connectivity index is 1.55. The van der Waals surface area contributed by atoms with Gasteiger partial charge in [-0.15, -0.1) is 0 Å². The van der Waals surface area contributed by atoms with Crippen LogP contribution in [0.15, 0.2) is 36.4 Å². The number of hydrogen-bond acceptors (Lipinski definition) is 4. The molecule has 38 heavy (non-hydrogen) atoms. The number of nitrogens with one attached hydrogen (secondary N) is 3. The zero-order valence-corrected chi connectivity index (χ0v) is 23.6. The lowest BCUT2D eigenvalue weighted by Gasteiger charge is -2.33. The standard InChI is InChI=1S/C31H44N4O3/c1-20(2)25-9-6-10-26(21(3)4)29(25)34-31(37)33-23-11-12-28(35-15-13-22(5)14-16-35)27(18-23)30(36)32-19-24-8-7-17-38-24/h6,9-12,18,20-22,24H,7-8,13-17,19H2,1-5H3,(H,32,36)(H2,33,34,37)/t24-/m1/s1. The van der Waals surface area contributed by atoms with Crippen LogP contribution in [-0.4, -0.2) is 44.3 Å². The minimum Gasteiger partial charge on any atom is -0.376 e. The van der Waals surface area contributed by atoms with E-state index in [2.05, 4.69) is 73.7 Å². The lowest BCUT2D eigenvalue weighted by molar-refractivity contribution is 0.0858. The molecule has 4 rings (SSSR count). The smallest absolute Gasteiger partial charge is 0.323 e. The number of amides is 3. The van der Waals surface area contributed by atoms with Gasteiger partial charge in [0.15, 0.2) is 0 Å². The van der Waals surface area contributed by atoms with E-state index in [1.165, 1.54) is 0 Å². The van der Waals surface area contributed by atoms with Crippen LogP contribution in [0.25, 0.3) is 0 Å². The summed E-state index contributed by atoms with van der Waals surface area (Å²) < 4.78 is 5.69. The lowest BCUT2D eigenvalue weighted by atomic mass is 9.93. The van der Waals surface area contributed by atoms with Crippen molar-refractivity contribution in [1.29, 1.82) is 0 Å². The number of urea groups is 1. The third kappa shape index (κ3) is 6.87. The van der Waals surface area contributed by atoms with E-state index in [4.69, 9.17) is 4.74 Å². The van der Waals surface area contributed by atoms with Crippen LogP contribution in [0.5, 0.6) is 0 Å². The van der Waals surface area contributed by atoms with E-state index in [9.17, 15) is 9.59 Å². The predicted molar refractivity (Wildman–Crippen MR) is 156 cm³/mol. The minimum atomic E-state index is -0.315.